The summed E-state index contributed by atoms with van der Waals surface area (Å²) >= 11 is 5.85. The molecule has 11 heteroatoms. The van der Waals surface area contributed by atoms with Crippen LogP contribution in [-0.4, -0.2) is 19.1 Å². The maximum atomic E-state index is 15.6. The molecule has 5 rings (SSSR count). The number of halogens is 4. The first-order valence-corrected chi connectivity index (χ1v) is 13.9. The molecule has 0 fully saturated rings. The zero-order chi connectivity index (χ0) is 30.8. The molecule has 2 N–H and O–H groups in total. The van der Waals surface area contributed by atoms with Crippen LogP contribution < -0.4 is 15.4 Å². The van der Waals surface area contributed by atoms with E-state index in [1.54, 1.807) is 25.1 Å². The second kappa shape index (κ2) is 12.3. The highest BCUT2D eigenvalue weighted by molar-refractivity contribution is 6.31. The van der Waals surface area contributed by atoms with E-state index in [1.807, 2.05) is 6.07 Å². The Morgan fingerprint density at radius 3 is 2.56 bits per heavy atom. The Hall–Kier alpha value is -4.57. The predicted octanol–water partition coefficient (Wildman–Crippen LogP) is 7.79. The molecule has 2 atom stereocenters. The Bertz CT molecular complexity index is 1730. The SMILES string of the molecule is COC(=O)Nc1cc(F)c2c(c1)NC(=O)[C@@H](C)CCC[C@@H](c1ccc(-c3c(F)ccc(Cl)c3F)c[n+]1[O-])c1cccc-2c1. The minimum Gasteiger partial charge on any atom is -0.618 e. The normalized spacial score (nSPS) is 16.7. The maximum Gasteiger partial charge on any atom is 0.411 e. The summed E-state index contributed by atoms with van der Waals surface area (Å²) < 4.78 is 50.0. The van der Waals surface area contributed by atoms with Crippen LogP contribution in [0.1, 0.15) is 43.4 Å². The van der Waals surface area contributed by atoms with E-state index in [0.29, 0.717) is 40.8 Å². The molecule has 1 aliphatic heterocycles. The van der Waals surface area contributed by atoms with Gasteiger partial charge in [-0.2, -0.15) is 4.73 Å². The third-order valence-corrected chi connectivity index (χ3v) is 7.86. The molecule has 222 valence electrons. The number of rotatable bonds is 3. The van der Waals surface area contributed by atoms with Gasteiger partial charge in [-0.3, -0.25) is 10.1 Å². The van der Waals surface area contributed by atoms with Crippen molar-refractivity contribution in [2.45, 2.75) is 32.1 Å². The monoisotopic (exact) mass is 609 g/mol. The summed E-state index contributed by atoms with van der Waals surface area (Å²) in [4.78, 5) is 24.9. The van der Waals surface area contributed by atoms with Crippen LogP contribution in [0.25, 0.3) is 22.3 Å². The molecule has 1 aromatic heterocycles. The van der Waals surface area contributed by atoms with Crippen molar-refractivity contribution in [2.24, 2.45) is 5.92 Å². The van der Waals surface area contributed by atoms with Crippen LogP contribution in [0.2, 0.25) is 5.02 Å². The summed E-state index contributed by atoms with van der Waals surface area (Å²) in [6.07, 6.45) is 1.81. The molecule has 4 aromatic rings. The molecule has 3 aromatic carbocycles. The minimum atomic E-state index is -0.967. The largest absolute Gasteiger partial charge is 0.618 e. The minimum absolute atomic E-state index is 0.0239. The van der Waals surface area contributed by atoms with Crippen LogP contribution in [0.3, 0.4) is 0 Å². The molecule has 2 bridgehead atoms. The summed E-state index contributed by atoms with van der Waals surface area (Å²) in [5.74, 6) is -3.80. The van der Waals surface area contributed by atoms with Crippen molar-refractivity contribution in [3.8, 4) is 22.3 Å². The molecule has 0 unspecified atom stereocenters. The average molecular weight is 610 g/mol. The van der Waals surface area contributed by atoms with Crippen LogP contribution in [0, 0.1) is 28.6 Å². The zero-order valence-electron chi connectivity index (χ0n) is 23.2. The van der Waals surface area contributed by atoms with Gasteiger partial charge >= 0.3 is 6.09 Å². The summed E-state index contributed by atoms with van der Waals surface area (Å²) in [5, 5.41) is 18.3. The first-order chi connectivity index (χ1) is 20.6. The molecular weight excluding hydrogens is 583 g/mol. The van der Waals surface area contributed by atoms with E-state index >= 15 is 4.39 Å². The van der Waals surface area contributed by atoms with Gasteiger partial charge in [0.05, 0.1) is 34.9 Å². The highest BCUT2D eigenvalue weighted by Crippen LogP contribution is 2.39. The van der Waals surface area contributed by atoms with E-state index < -0.39 is 40.9 Å². The molecule has 0 aliphatic carbocycles. The van der Waals surface area contributed by atoms with Crippen LogP contribution in [-0.2, 0) is 9.53 Å². The molecule has 2 amide bonds. The first-order valence-electron chi connectivity index (χ1n) is 13.5. The Balaban J connectivity index is 1.62. The van der Waals surface area contributed by atoms with Gasteiger partial charge in [0, 0.05) is 23.2 Å². The van der Waals surface area contributed by atoms with Crippen molar-refractivity contribution in [1.29, 1.82) is 0 Å². The molecule has 1 aliphatic rings. The number of benzene rings is 3. The molecule has 0 saturated heterocycles. The van der Waals surface area contributed by atoms with Crippen LogP contribution in [0.15, 0.2) is 66.9 Å². The van der Waals surface area contributed by atoms with Gasteiger partial charge in [-0.25, -0.2) is 18.0 Å². The second-order valence-electron chi connectivity index (χ2n) is 10.4. The van der Waals surface area contributed by atoms with E-state index in [0.717, 1.165) is 24.4 Å². The molecule has 0 saturated carbocycles. The summed E-state index contributed by atoms with van der Waals surface area (Å²) in [5.41, 5.74) is 1.43. The summed E-state index contributed by atoms with van der Waals surface area (Å²) in [7, 11) is 1.18. The number of amides is 2. The third-order valence-electron chi connectivity index (χ3n) is 7.57. The van der Waals surface area contributed by atoms with Gasteiger partial charge in [-0.15, -0.1) is 0 Å². The number of anilines is 2. The molecular formula is C32H27ClF3N3O4. The first kappa shape index (κ1) is 29.9. The number of nitrogens with zero attached hydrogens (tertiary/aromatic N) is 1. The topological polar surface area (TPSA) is 94.4 Å². The van der Waals surface area contributed by atoms with E-state index in [-0.39, 0.29) is 33.4 Å². The second-order valence-corrected chi connectivity index (χ2v) is 10.8. The van der Waals surface area contributed by atoms with Crippen molar-refractivity contribution in [2.75, 3.05) is 17.7 Å². The van der Waals surface area contributed by atoms with Gasteiger partial charge in [0.2, 0.25) is 5.91 Å². The fourth-order valence-electron chi connectivity index (χ4n) is 5.35. The number of hydrogen-bond acceptors (Lipinski definition) is 4. The number of ether oxygens (including phenoxy) is 1. The van der Waals surface area contributed by atoms with Gasteiger partial charge in [0.25, 0.3) is 0 Å². The standard InChI is InChI=1S/C32H27ClF3N3O4/c1-17-5-3-8-22(27-12-9-20(16-39(27)42)29-24(34)11-10-23(33)30(29)36)18-6-4-7-19(13-18)28-25(35)14-21(37-32(41)43-2)15-26(28)38-31(17)40/h4,6-7,9-17,22H,3,5,8H2,1-2H3,(H,37,41)(H,38,40)/t17-,22+/m0/s1. The quantitative estimate of drug-likeness (QED) is 0.141. The lowest BCUT2D eigenvalue weighted by atomic mass is 9.86. The van der Waals surface area contributed by atoms with E-state index in [1.165, 1.54) is 25.3 Å². The Kier molecular flexibility index (Phi) is 8.59. The van der Waals surface area contributed by atoms with E-state index in [2.05, 4.69) is 15.4 Å². The fourth-order valence-corrected chi connectivity index (χ4v) is 5.51. The Morgan fingerprint density at radius 1 is 1.02 bits per heavy atom. The highest BCUT2D eigenvalue weighted by Gasteiger charge is 2.27. The zero-order valence-corrected chi connectivity index (χ0v) is 24.0. The van der Waals surface area contributed by atoms with Crippen LogP contribution >= 0.6 is 11.6 Å². The van der Waals surface area contributed by atoms with Crippen molar-refractivity contribution >= 4 is 35.0 Å². The number of carbonyl (C=O) groups is 2. The lowest BCUT2D eigenvalue weighted by Gasteiger charge is -2.22. The van der Waals surface area contributed by atoms with Gasteiger partial charge in [-0.05, 0) is 54.3 Å². The number of hydrogen-bond donors (Lipinski definition) is 2. The number of nitrogens with one attached hydrogen (secondary N) is 2. The Labute approximate surface area is 250 Å². The van der Waals surface area contributed by atoms with Gasteiger partial charge < -0.3 is 15.3 Å². The lowest BCUT2D eigenvalue weighted by molar-refractivity contribution is -0.614. The van der Waals surface area contributed by atoms with Crippen molar-refractivity contribution in [3.05, 3.63) is 106 Å². The van der Waals surface area contributed by atoms with E-state index in [9.17, 15) is 23.6 Å². The molecule has 0 spiro atoms. The van der Waals surface area contributed by atoms with Crippen molar-refractivity contribution in [3.63, 3.8) is 0 Å². The number of fused-ring (bicyclic) bond motifs is 4. The molecule has 43 heavy (non-hydrogen) atoms. The lowest BCUT2D eigenvalue weighted by Crippen LogP contribution is -2.34. The van der Waals surface area contributed by atoms with Crippen LogP contribution in [0.5, 0.6) is 0 Å². The summed E-state index contributed by atoms with van der Waals surface area (Å²) in [6, 6.07) is 14.6. The van der Waals surface area contributed by atoms with Crippen molar-refractivity contribution < 1.29 is 32.2 Å². The fraction of sp³-hybridized carbons (Fsp3) is 0.219. The van der Waals surface area contributed by atoms with Crippen molar-refractivity contribution in [1.82, 2.24) is 0 Å². The molecule has 0 radical (unpaired) electrons. The summed E-state index contributed by atoms with van der Waals surface area (Å²) in [6.45, 7) is 1.75. The molecule has 2 heterocycles. The average Bonchev–Trinajstić information content (AvgIpc) is 2.97. The Morgan fingerprint density at radius 2 is 1.81 bits per heavy atom. The number of pyridine rings is 1. The maximum absolute atomic E-state index is 15.6. The molecule has 7 nitrogen and oxygen atoms in total. The van der Waals surface area contributed by atoms with Gasteiger partial charge in [0.15, 0.2) is 17.7 Å². The number of aromatic nitrogens is 1. The van der Waals surface area contributed by atoms with Gasteiger partial charge in [0.1, 0.15) is 11.6 Å². The third kappa shape index (κ3) is 6.15. The number of carbonyl (C=O) groups excluding carboxylic acids is 2. The van der Waals surface area contributed by atoms with Gasteiger partial charge in [-0.1, -0.05) is 49.2 Å². The van der Waals surface area contributed by atoms with Crippen LogP contribution in [0.4, 0.5) is 29.3 Å². The smallest absolute Gasteiger partial charge is 0.411 e. The van der Waals surface area contributed by atoms with E-state index in [4.69, 9.17) is 11.6 Å². The predicted molar refractivity (Wildman–Crippen MR) is 157 cm³/mol. The highest BCUT2D eigenvalue weighted by atomic mass is 35.5. The number of methoxy groups -OCH3 is 1.